The molecule has 262 valence electrons. The van der Waals surface area contributed by atoms with Gasteiger partial charge in [-0.05, 0) is 85.6 Å². The van der Waals surface area contributed by atoms with Crippen LogP contribution in [0.3, 0.4) is 0 Å². The number of pyridine rings is 2. The minimum atomic E-state index is 0.943. The summed E-state index contributed by atoms with van der Waals surface area (Å²) in [5, 5.41) is 3.55. The van der Waals surface area contributed by atoms with Gasteiger partial charge < -0.3 is 0 Å². The summed E-state index contributed by atoms with van der Waals surface area (Å²) in [6.07, 6.45) is 0. The molecule has 0 aliphatic heterocycles. The molecule has 0 aliphatic carbocycles. The first kappa shape index (κ1) is 33.2. The molecule has 0 aliphatic rings. The van der Waals surface area contributed by atoms with Crippen LogP contribution in [-0.2, 0) is 0 Å². The van der Waals surface area contributed by atoms with Crippen molar-refractivity contribution in [3.05, 3.63) is 218 Å². The van der Waals surface area contributed by atoms with Gasteiger partial charge in [0.1, 0.15) is 0 Å². The van der Waals surface area contributed by atoms with E-state index >= 15 is 0 Å². The minimum Gasteiger partial charge on any atom is -0.248 e. The van der Waals surface area contributed by atoms with Crippen molar-refractivity contribution in [2.75, 3.05) is 0 Å². The lowest BCUT2D eigenvalue weighted by Gasteiger charge is -2.15. The van der Waals surface area contributed by atoms with Crippen LogP contribution in [0.5, 0.6) is 0 Å². The van der Waals surface area contributed by atoms with Gasteiger partial charge in [-0.1, -0.05) is 188 Å². The van der Waals surface area contributed by atoms with Crippen LogP contribution in [0.25, 0.3) is 100.0 Å². The van der Waals surface area contributed by atoms with E-state index in [-0.39, 0.29) is 0 Å². The van der Waals surface area contributed by atoms with Gasteiger partial charge in [-0.3, -0.25) is 0 Å². The lowest BCUT2D eigenvalue weighted by atomic mass is 9.90. The smallest absolute Gasteiger partial charge is 0.0722 e. The molecule has 0 fully saturated rings. The summed E-state index contributed by atoms with van der Waals surface area (Å²) < 4.78 is 0. The van der Waals surface area contributed by atoms with Gasteiger partial charge in [0, 0.05) is 22.1 Å². The molecule has 0 saturated carbocycles. The topological polar surface area (TPSA) is 25.8 Å². The first-order valence-corrected chi connectivity index (χ1v) is 19.1. The van der Waals surface area contributed by atoms with Gasteiger partial charge in [0.2, 0.25) is 0 Å². The van der Waals surface area contributed by atoms with Crippen LogP contribution < -0.4 is 0 Å². The average molecular weight is 713 g/mol. The number of rotatable bonds is 7. The average Bonchev–Trinajstić information content (AvgIpc) is 3.29. The van der Waals surface area contributed by atoms with Crippen LogP contribution in [-0.4, -0.2) is 9.97 Å². The highest BCUT2D eigenvalue weighted by Gasteiger charge is 2.16. The molecule has 0 N–H and O–H groups in total. The first-order chi connectivity index (χ1) is 27.7. The van der Waals surface area contributed by atoms with E-state index in [4.69, 9.17) is 9.97 Å². The molecule has 0 saturated heterocycles. The summed E-state index contributed by atoms with van der Waals surface area (Å²) in [6.45, 7) is 0. The molecule has 8 aromatic carbocycles. The Bertz CT molecular complexity index is 2970. The standard InChI is InChI=1S/C54H36N2/c1-5-15-37(16-6-1)38-27-29-42(30-28-38)52-35-45(34-51(56-52)40-19-9-3-10-20-40)43-23-13-24-44(33-43)46-25-14-26-48-47(46)31-32-50-54(48)49(39-17-7-2-8-18-39)36-53(55-50)41-21-11-4-12-22-41/h1-36H. The van der Waals surface area contributed by atoms with Crippen molar-refractivity contribution in [3.8, 4) is 78.3 Å². The molecule has 2 aromatic heterocycles. The number of hydrogen-bond acceptors (Lipinski definition) is 2. The van der Waals surface area contributed by atoms with Crippen molar-refractivity contribution < 1.29 is 0 Å². The number of nitrogens with zero attached hydrogens (tertiary/aromatic N) is 2. The predicted molar refractivity (Wildman–Crippen MR) is 235 cm³/mol. The minimum absolute atomic E-state index is 0.943. The zero-order valence-corrected chi connectivity index (χ0v) is 30.7. The third-order valence-electron chi connectivity index (χ3n) is 10.7. The summed E-state index contributed by atoms with van der Waals surface area (Å²) >= 11 is 0. The van der Waals surface area contributed by atoms with Crippen LogP contribution in [0, 0.1) is 0 Å². The number of benzene rings is 8. The Labute approximate surface area is 327 Å². The molecule has 10 rings (SSSR count). The van der Waals surface area contributed by atoms with E-state index in [9.17, 15) is 0 Å². The monoisotopic (exact) mass is 712 g/mol. The maximum atomic E-state index is 5.22. The van der Waals surface area contributed by atoms with Crippen molar-refractivity contribution >= 4 is 21.7 Å². The zero-order valence-electron chi connectivity index (χ0n) is 30.7. The quantitative estimate of drug-likeness (QED) is 0.154. The highest BCUT2D eigenvalue weighted by Crippen LogP contribution is 2.40. The summed E-state index contributed by atoms with van der Waals surface area (Å²) in [4.78, 5) is 10.4. The van der Waals surface area contributed by atoms with Gasteiger partial charge in [-0.2, -0.15) is 0 Å². The summed E-state index contributed by atoms with van der Waals surface area (Å²) in [5.41, 5.74) is 16.5. The molecule has 0 atom stereocenters. The number of hydrogen-bond donors (Lipinski definition) is 0. The van der Waals surface area contributed by atoms with Gasteiger partial charge in [0.25, 0.3) is 0 Å². The molecule has 0 radical (unpaired) electrons. The van der Waals surface area contributed by atoms with Gasteiger partial charge in [-0.25, -0.2) is 9.97 Å². The molecule has 0 amide bonds. The molecule has 56 heavy (non-hydrogen) atoms. The molecular formula is C54H36N2. The molecule has 0 bridgehead atoms. The highest BCUT2D eigenvalue weighted by molar-refractivity contribution is 6.17. The highest BCUT2D eigenvalue weighted by atomic mass is 14.7. The predicted octanol–water partition coefficient (Wildman–Crippen LogP) is 14.5. The Kier molecular flexibility index (Phi) is 8.55. The Morgan fingerprint density at radius 2 is 0.714 bits per heavy atom. The lowest BCUT2D eigenvalue weighted by molar-refractivity contribution is 1.32. The largest absolute Gasteiger partial charge is 0.248 e. The number of fused-ring (bicyclic) bond motifs is 3. The van der Waals surface area contributed by atoms with E-state index in [1.807, 2.05) is 6.07 Å². The second kappa shape index (κ2) is 14.4. The van der Waals surface area contributed by atoms with Crippen molar-refractivity contribution in [2.24, 2.45) is 0 Å². The Hall–Kier alpha value is -7.42. The van der Waals surface area contributed by atoms with Crippen molar-refractivity contribution in [2.45, 2.75) is 0 Å². The van der Waals surface area contributed by atoms with Crippen molar-refractivity contribution in [1.29, 1.82) is 0 Å². The third-order valence-corrected chi connectivity index (χ3v) is 10.7. The molecule has 0 spiro atoms. The fraction of sp³-hybridized carbons (Fsp3) is 0. The van der Waals surface area contributed by atoms with Crippen LogP contribution in [0.1, 0.15) is 0 Å². The molecule has 2 heterocycles. The maximum absolute atomic E-state index is 5.22. The van der Waals surface area contributed by atoms with Gasteiger partial charge >= 0.3 is 0 Å². The van der Waals surface area contributed by atoms with E-state index in [0.29, 0.717) is 0 Å². The van der Waals surface area contributed by atoms with E-state index in [2.05, 4.69) is 212 Å². The lowest BCUT2D eigenvalue weighted by Crippen LogP contribution is -1.93. The van der Waals surface area contributed by atoms with E-state index in [0.717, 1.165) is 61.4 Å². The second-order valence-electron chi connectivity index (χ2n) is 14.2. The Morgan fingerprint density at radius 3 is 1.36 bits per heavy atom. The summed E-state index contributed by atoms with van der Waals surface area (Å²) in [7, 11) is 0. The normalized spacial score (nSPS) is 11.2. The van der Waals surface area contributed by atoms with Gasteiger partial charge in [0.15, 0.2) is 0 Å². The summed E-state index contributed by atoms with van der Waals surface area (Å²) in [6, 6.07) is 77.5. The van der Waals surface area contributed by atoms with E-state index in [1.165, 1.54) is 38.6 Å². The van der Waals surface area contributed by atoms with Crippen molar-refractivity contribution in [1.82, 2.24) is 9.97 Å². The van der Waals surface area contributed by atoms with Crippen LogP contribution >= 0.6 is 0 Å². The van der Waals surface area contributed by atoms with Crippen LogP contribution in [0.2, 0.25) is 0 Å². The third kappa shape index (κ3) is 6.34. The zero-order chi connectivity index (χ0) is 37.3. The first-order valence-electron chi connectivity index (χ1n) is 19.1. The van der Waals surface area contributed by atoms with Crippen LogP contribution in [0.4, 0.5) is 0 Å². The fourth-order valence-corrected chi connectivity index (χ4v) is 7.88. The van der Waals surface area contributed by atoms with Gasteiger partial charge in [-0.15, -0.1) is 0 Å². The second-order valence-corrected chi connectivity index (χ2v) is 14.2. The molecule has 2 nitrogen and oxygen atoms in total. The molecule has 10 aromatic rings. The Balaban J connectivity index is 1.10. The van der Waals surface area contributed by atoms with Crippen LogP contribution in [0.15, 0.2) is 218 Å². The SMILES string of the molecule is c1ccc(-c2ccc(-c3cc(-c4cccc(-c5cccc6c5ccc5nc(-c7ccccc7)cc(-c7ccccc7)c56)c4)cc(-c4ccccc4)n3)cc2)cc1. The number of aromatic nitrogens is 2. The van der Waals surface area contributed by atoms with E-state index in [1.54, 1.807) is 0 Å². The molecular weight excluding hydrogens is 677 g/mol. The molecule has 2 heteroatoms. The maximum Gasteiger partial charge on any atom is 0.0722 e. The summed E-state index contributed by atoms with van der Waals surface area (Å²) in [5.74, 6) is 0. The van der Waals surface area contributed by atoms with Crippen molar-refractivity contribution in [3.63, 3.8) is 0 Å². The molecule has 0 unspecified atom stereocenters. The fourth-order valence-electron chi connectivity index (χ4n) is 7.88. The van der Waals surface area contributed by atoms with Gasteiger partial charge in [0.05, 0.1) is 22.6 Å². The van der Waals surface area contributed by atoms with E-state index < -0.39 is 0 Å². The Morgan fingerprint density at radius 1 is 0.232 bits per heavy atom.